The van der Waals surface area contributed by atoms with Gasteiger partial charge in [-0.2, -0.15) is 0 Å². The smallest absolute Gasteiger partial charge is 0.192 e. The number of ether oxygens (including phenoxy) is 2. The second-order valence-corrected chi connectivity index (χ2v) is 7.94. The fraction of sp³-hybridized carbons (Fsp3) is 0.625. The molecule has 0 aliphatic heterocycles. The third kappa shape index (κ3) is 9.38. The highest BCUT2D eigenvalue weighted by molar-refractivity contribution is 14.0. The van der Waals surface area contributed by atoms with Crippen LogP contribution in [0.4, 0.5) is 0 Å². The molecule has 0 aliphatic carbocycles. The maximum absolute atomic E-state index is 5.96. The molecule has 0 bridgehead atoms. The summed E-state index contributed by atoms with van der Waals surface area (Å²) < 4.78 is 13.8. The number of rotatable bonds is 13. The van der Waals surface area contributed by atoms with E-state index in [1.807, 2.05) is 24.6 Å². The Morgan fingerprint density at radius 1 is 1.06 bits per heavy atom. The summed E-state index contributed by atoms with van der Waals surface area (Å²) >= 11 is 0. The van der Waals surface area contributed by atoms with Gasteiger partial charge in [0.05, 0.1) is 19.3 Å². The van der Waals surface area contributed by atoms with Crippen molar-refractivity contribution in [1.29, 1.82) is 0 Å². The Balaban J connectivity index is 0.00000544. The Hall–Kier alpha value is -2.04. The van der Waals surface area contributed by atoms with Crippen LogP contribution in [-0.4, -0.2) is 40.5 Å². The molecule has 1 aromatic heterocycles. The number of nitrogens with one attached hydrogen (secondary N) is 2. The molecule has 1 atom stereocenters. The third-order valence-electron chi connectivity index (χ3n) is 5.13. The summed E-state index contributed by atoms with van der Waals surface area (Å²) in [6.45, 7) is 13.1. The van der Waals surface area contributed by atoms with Crippen LogP contribution in [0.3, 0.4) is 0 Å². The number of benzene rings is 1. The first-order valence-electron chi connectivity index (χ1n) is 11.8. The zero-order valence-corrected chi connectivity index (χ0v) is 23.3. The molecule has 2 N–H and O–H groups in total. The monoisotopic (exact) mass is 572 g/mol. The van der Waals surface area contributed by atoms with E-state index in [2.05, 4.69) is 60.7 Å². The Morgan fingerprint density at radius 2 is 1.76 bits per heavy atom. The zero-order valence-electron chi connectivity index (χ0n) is 21.0. The molecular weight excluding hydrogens is 531 g/mol. The molecule has 0 radical (unpaired) electrons. The molecular formula is C24H41IN6O2. The number of aliphatic imine (C=N–C) groups is 1. The van der Waals surface area contributed by atoms with Gasteiger partial charge in [0, 0.05) is 13.6 Å². The third-order valence-corrected chi connectivity index (χ3v) is 5.13. The first kappa shape index (κ1) is 29.0. The summed E-state index contributed by atoms with van der Waals surface area (Å²) in [4.78, 5) is 4.75. The first-order chi connectivity index (χ1) is 15.5. The van der Waals surface area contributed by atoms with Crippen molar-refractivity contribution in [3.63, 3.8) is 0 Å². The minimum absolute atomic E-state index is 0. The molecule has 2 aromatic rings. The van der Waals surface area contributed by atoms with Crippen molar-refractivity contribution in [2.45, 2.75) is 72.9 Å². The lowest BCUT2D eigenvalue weighted by Gasteiger charge is -2.20. The van der Waals surface area contributed by atoms with Crippen LogP contribution in [0, 0.1) is 6.92 Å². The largest absolute Gasteiger partial charge is 0.490 e. The second-order valence-electron chi connectivity index (χ2n) is 7.94. The Bertz CT molecular complexity index is 855. The van der Waals surface area contributed by atoms with E-state index in [0.29, 0.717) is 19.8 Å². The number of aryl methyl sites for hydroxylation is 1. The van der Waals surface area contributed by atoms with Gasteiger partial charge in [0.2, 0.25) is 0 Å². The molecule has 1 unspecified atom stereocenters. The van der Waals surface area contributed by atoms with Gasteiger partial charge in [-0.15, -0.1) is 34.2 Å². The van der Waals surface area contributed by atoms with E-state index in [4.69, 9.17) is 14.5 Å². The van der Waals surface area contributed by atoms with Gasteiger partial charge in [-0.25, -0.2) is 4.99 Å². The highest BCUT2D eigenvalue weighted by Crippen LogP contribution is 2.31. The lowest BCUT2D eigenvalue weighted by molar-refractivity contribution is 0.268. The molecule has 9 heteroatoms. The summed E-state index contributed by atoms with van der Waals surface area (Å²) in [6.07, 6.45) is 4.11. The molecule has 8 nitrogen and oxygen atoms in total. The fourth-order valence-corrected chi connectivity index (χ4v) is 3.01. The Morgan fingerprint density at radius 3 is 2.36 bits per heavy atom. The number of aromatic nitrogens is 3. The van der Waals surface area contributed by atoms with Gasteiger partial charge in [-0.3, -0.25) is 0 Å². The van der Waals surface area contributed by atoms with Crippen LogP contribution in [0.2, 0.25) is 0 Å². The van der Waals surface area contributed by atoms with Crippen molar-refractivity contribution < 1.29 is 9.47 Å². The summed E-state index contributed by atoms with van der Waals surface area (Å²) in [5.74, 6) is 4.05. The summed E-state index contributed by atoms with van der Waals surface area (Å²) in [6, 6.07) is 6.18. The first-order valence-corrected chi connectivity index (χ1v) is 11.8. The highest BCUT2D eigenvalue weighted by Gasteiger charge is 2.13. The predicted molar refractivity (Wildman–Crippen MR) is 145 cm³/mol. The van der Waals surface area contributed by atoms with Crippen molar-refractivity contribution >= 4 is 29.9 Å². The van der Waals surface area contributed by atoms with Crippen LogP contribution >= 0.6 is 24.0 Å². The van der Waals surface area contributed by atoms with Crippen LogP contribution in [0.15, 0.2) is 23.2 Å². The fourth-order valence-electron chi connectivity index (χ4n) is 3.01. The van der Waals surface area contributed by atoms with Crippen LogP contribution < -0.4 is 20.1 Å². The van der Waals surface area contributed by atoms with Crippen LogP contribution in [0.1, 0.15) is 76.6 Å². The lowest BCUT2D eigenvalue weighted by atomic mass is 10.1. The maximum Gasteiger partial charge on any atom is 0.192 e. The van der Waals surface area contributed by atoms with Crippen molar-refractivity contribution in [2.75, 3.05) is 19.8 Å². The molecule has 186 valence electrons. The molecule has 0 spiro atoms. The number of hydrogen-bond donors (Lipinski definition) is 2. The molecule has 0 saturated carbocycles. The summed E-state index contributed by atoms with van der Waals surface area (Å²) in [5.41, 5.74) is 1.11. The average Bonchev–Trinajstić information content (AvgIpc) is 3.12. The minimum atomic E-state index is 0. The Labute approximate surface area is 216 Å². The van der Waals surface area contributed by atoms with E-state index in [-0.39, 0.29) is 30.0 Å². The van der Waals surface area contributed by atoms with E-state index in [1.165, 1.54) is 0 Å². The van der Waals surface area contributed by atoms with E-state index >= 15 is 0 Å². The van der Waals surface area contributed by atoms with Crippen LogP contribution in [0.25, 0.3) is 0 Å². The second kappa shape index (κ2) is 15.7. The number of hydrogen-bond acceptors (Lipinski definition) is 5. The SMILES string of the molecule is CCCCNC(=NCc1nnc(C)n1C)NC(C)c1ccc(OCCC)c(OCCC)c1.I. The van der Waals surface area contributed by atoms with Crippen molar-refractivity contribution in [3.8, 4) is 11.5 Å². The molecule has 0 amide bonds. The Kier molecular flexibility index (Phi) is 13.8. The number of nitrogens with zero attached hydrogens (tertiary/aromatic N) is 4. The zero-order chi connectivity index (χ0) is 23.3. The van der Waals surface area contributed by atoms with Crippen LogP contribution in [-0.2, 0) is 13.6 Å². The molecule has 33 heavy (non-hydrogen) atoms. The molecule has 0 aliphatic rings. The molecule has 0 fully saturated rings. The quantitative estimate of drug-likeness (QED) is 0.154. The van der Waals surface area contributed by atoms with Gasteiger partial charge >= 0.3 is 0 Å². The van der Waals surface area contributed by atoms with Gasteiger partial charge in [-0.1, -0.05) is 33.3 Å². The van der Waals surface area contributed by atoms with E-state index in [0.717, 1.165) is 66.9 Å². The van der Waals surface area contributed by atoms with E-state index in [1.54, 1.807) is 0 Å². The lowest BCUT2D eigenvalue weighted by Crippen LogP contribution is -2.39. The van der Waals surface area contributed by atoms with Gasteiger partial charge in [0.15, 0.2) is 23.3 Å². The van der Waals surface area contributed by atoms with Gasteiger partial charge in [0.25, 0.3) is 0 Å². The van der Waals surface area contributed by atoms with Gasteiger partial charge in [-0.05, 0) is 50.8 Å². The number of guanidine groups is 1. The topological polar surface area (TPSA) is 85.6 Å². The number of unbranched alkanes of at least 4 members (excludes halogenated alkanes) is 1. The normalized spacial score (nSPS) is 12.1. The average molecular weight is 573 g/mol. The molecule has 0 saturated heterocycles. The number of halogens is 1. The molecule has 1 heterocycles. The predicted octanol–water partition coefficient (Wildman–Crippen LogP) is 4.92. The molecule has 1 aromatic carbocycles. The standard InChI is InChI=1S/C24H40N6O2.HI/c1-7-10-13-25-24(26-17-23-29-28-19(5)30(23)6)27-18(4)20-11-12-21(31-14-8-2)22(16-20)32-15-9-3;/h11-12,16,18H,7-10,13-15,17H2,1-6H3,(H2,25,26,27);1H. The highest BCUT2D eigenvalue weighted by atomic mass is 127. The summed E-state index contributed by atoms with van der Waals surface area (Å²) in [5, 5.41) is 15.3. The van der Waals surface area contributed by atoms with E-state index < -0.39 is 0 Å². The summed E-state index contributed by atoms with van der Waals surface area (Å²) in [7, 11) is 1.96. The van der Waals surface area contributed by atoms with Crippen LogP contribution in [0.5, 0.6) is 11.5 Å². The maximum atomic E-state index is 5.96. The van der Waals surface area contributed by atoms with Crippen molar-refractivity contribution in [2.24, 2.45) is 12.0 Å². The molecule has 2 rings (SSSR count). The van der Waals surface area contributed by atoms with Gasteiger partial charge in [0.1, 0.15) is 12.4 Å². The van der Waals surface area contributed by atoms with E-state index in [9.17, 15) is 0 Å². The van der Waals surface area contributed by atoms with Crippen molar-refractivity contribution in [3.05, 3.63) is 35.4 Å². The van der Waals surface area contributed by atoms with Crippen molar-refractivity contribution in [1.82, 2.24) is 25.4 Å². The minimum Gasteiger partial charge on any atom is -0.490 e. The van der Waals surface area contributed by atoms with Gasteiger partial charge < -0.3 is 24.7 Å².